The molecule has 1 unspecified atom stereocenters. The Bertz CT molecular complexity index is 1490. The Morgan fingerprint density at radius 3 is 2.63 bits per heavy atom. The molecule has 0 spiro atoms. The minimum absolute atomic E-state index is 0.619. The molecule has 0 saturated carbocycles. The van der Waals surface area contributed by atoms with Crippen molar-refractivity contribution in [1.82, 2.24) is 30.0 Å². The Labute approximate surface area is 205 Å². The molecule has 1 N–H and O–H groups in total. The quantitative estimate of drug-likeness (QED) is 0.363. The van der Waals surface area contributed by atoms with Crippen LogP contribution in [0.25, 0.3) is 44.8 Å². The van der Waals surface area contributed by atoms with E-state index < -0.39 is 0 Å². The summed E-state index contributed by atoms with van der Waals surface area (Å²) in [5, 5.41) is 7.44. The normalized spacial score (nSPS) is 16.6. The number of pyridine rings is 3. The van der Waals surface area contributed by atoms with Gasteiger partial charge in [0.25, 0.3) is 0 Å². The first-order valence-corrected chi connectivity index (χ1v) is 12.2. The number of benzene rings is 1. The third-order valence-corrected chi connectivity index (χ3v) is 6.92. The largest absolute Gasteiger partial charge is 0.306 e. The van der Waals surface area contributed by atoms with E-state index in [0.717, 1.165) is 57.0 Å². The van der Waals surface area contributed by atoms with Gasteiger partial charge in [-0.3, -0.25) is 15.1 Å². The Morgan fingerprint density at radius 2 is 1.80 bits per heavy atom. The fourth-order valence-electron chi connectivity index (χ4n) is 5.06. The van der Waals surface area contributed by atoms with E-state index >= 15 is 0 Å². The van der Waals surface area contributed by atoms with Gasteiger partial charge >= 0.3 is 0 Å². The number of aromatic nitrogens is 5. The zero-order valence-corrected chi connectivity index (χ0v) is 20.1. The molecule has 1 fully saturated rings. The lowest BCUT2D eigenvalue weighted by atomic mass is 9.90. The molecule has 0 bridgehead atoms. The first-order valence-electron chi connectivity index (χ1n) is 12.2. The van der Waals surface area contributed by atoms with E-state index in [2.05, 4.69) is 62.4 Å². The van der Waals surface area contributed by atoms with E-state index in [1.165, 1.54) is 24.9 Å². The van der Waals surface area contributed by atoms with E-state index in [4.69, 9.17) is 4.98 Å². The van der Waals surface area contributed by atoms with Crippen molar-refractivity contribution in [3.8, 4) is 33.8 Å². The van der Waals surface area contributed by atoms with Gasteiger partial charge in [0.05, 0.1) is 22.4 Å². The van der Waals surface area contributed by atoms with Crippen molar-refractivity contribution in [2.75, 3.05) is 20.1 Å². The van der Waals surface area contributed by atoms with Crippen LogP contribution < -0.4 is 0 Å². The van der Waals surface area contributed by atoms with Crippen LogP contribution in [-0.2, 0) is 0 Å². The monoisotopic (exact) mass is 460 g/mol. The summed E-state index contributed by atoms with van der Waals surface area (Å²) in [6, 6.07) is 21.1. The molecular weight excluding hydrogens is 432 g/mol. The highest BCUT2D eigenvalue weighted by Crippen LogP contribution is 2.31. The molecular formula is C29H28N6. The van der Waals surface area contributed by atoms with Gasteiger partial charge in [-0.2, -0.15) is 5.10 Å². The number of likely N-dealkylation sites (N-methyl/N-ethyl adjacent to an activating group) is 1. The summed E-state index contributed by atoms with van der Waals surface area (Å²) in [6.07, 6.45) is 6.35. The molecule has 6 rings (SSSR count). The molecule has 0 amide bonds. The third-order valence-electron chi connectivity index (χ3n) is 6.92. The second-order valence-electron chi connectivity index (χ2n) is 9.49. The lowest BCUT2D eigenvalue weighted by Gasteiger charge is -2.30. The molecule has 1 saturated heterocycles. The molecule has 1 aromatic carbocycles. The van der Waals surface area contributed by atoms with E-state index in [1.807, 2.05) is 49.6 Å². The number of likely N-dealkylation sites (tertiary alicyclic amines) is 1. The van der Waals surface area contributed by atoms with Crippen LogP contribution in [0.15, 0.2) is 73.1 Å². The summed E-state index contributed by atoms with van der Waals surface area (Å²) in [5.74, 6) is 0.619. The fraction of sp³-hybridized carbons (Fsp3) is 0.241. The van der Waals surface area contributed by atoms with Gasteiger partial charge in [-0.1, -0.05) is 30.3 Å². The van der Waals surface area contributed by atoms with Crippen LogP contribution in [0, 0.1) is 6.92 Å². The standard InChI is InChI=1S/C29H28N6/c1-19-5-3-7-27(32-19)29-24(17-31-34-29)25-12-13-26-28(33-25)15-23(16-30-26)21-10-8-20(9-11-21)22-6-4-14-35(2)18-22/h3,5,7-13,15-17,22H,4,6,14,18H2,1-2H3,(H,31,34). The predicted molar refractivity (Wildman–Crippen MR) is 140 cm³/mol. The van der Waals surface area contributed by atoms with Gasteiger partial charge < -0.3 is 4.90 Å². The molecule has 0 radical (unpaired) electrons. The zero-order chi connectivity index (χ0) is 23.8. The number of nitrogens with zero attached hydrogens (tertiary/aromatic N) is 5. The van der Waals surface area contributed by atoms with E-state index in [1.54, 1.807) is 0 Å². The topological polar surface area (TPSA) is 70.6 Å². The van der Waals surface area contributed by atoms with Crippen molar-refractivity contribution in [2.24, 2.45) is 0 Å². The molecule has 1 atom stereocenters. The Hall–Kier alpha value is -3.90. The minimum atomic E-state index is 0.619. The van der Waals surface area contributed by atoms with Crippen LogP contribution in [0.2, 0.25) is 0 Å². The molecule has 5 aromatic rings. The number of nitrogens with one attached hydrogen (secondary N) is 1. The first-order chi connectivity index (χ1) is 17.1. The first kappa shape index (κ1) is 21.6. The highest BCUT2D eigenvalue weighted by molar-refractivity contribution is 5.85. The highest BCUT2D eigenvalue weighted by atomic mass is 15.1. The average Bonchev–Trinajstić information content (AvgIpc) is 3.38. The molecule has 0 aliphatic carbocycles. The summed E-state index contributed by atoms with van der Waals surface area (Å²) < 4.78 is 0. The summed E-state index contributed by atoms with van der Waals surface area (Å²) in [5.41, 5.74) is 9.76. The highest BCUT2D eigenvalue weighted by Gasteiger charge is 2.19. The SMILES string of the molecule is Cc1cccc(-c2n[nH]cc2-c2ccc3ncc(-c4ccc(C5CCCN(C)C5)cc4)cc3n2)n1. The van der Waals surface area contributed by atoms with Gasteiger partial charge in [0.15, 0.2) is 0 Å². The molecule has 4 aromatic heterocycles. The number of rotatable bonds is 4. The van der Waals surface area contributed by atoms with Gasteiger partial charge in [-0.25, -0.2) is 4.98 Å². The number of hydrogen-bond acceptors (Lipinski definition) is 5. The van der Waals surface area contributed by atoms with Crippen LogP contribution in [0.3, 0.4) is 0 Å². The molecule has 6 heteroatoms. The van der Waals surface area contributed by atoms with Crippen molar-refractivity contribution >= 4 is 11.0 Å². The van der Waals surface area contributed by atoms with Crippen molar-refractivity contribution < 1.29 is 0 Å². The van der Waals surface area contributed by atoms with Crippen LogP contribution in [0.1, 0.15) is 30.0 Å². The molecule has 6 nitrogen and oxygen atoms in total. The van der Waals surface area contributed by atoms with Gasteiger partial charge in [0.1, 0.15) is 5.69 Å². The zero-order valence-electron chi connectivity index (χ0n) is 20.1. The fourth-order valence-corrected chi connectivity index (χ4v) is 5.06. The second-order valence-corrected chi connectivity index (χ2v) is 9.49. The Kier molecular flexibility index (Phi) is 5.58. The van der Waals surface area contributed by atoms with Gasteiger partial charge in [-0.15, -0.1) is 0 Å². The van der Waals surface area contributed by atoms with Gasteiger partial charge in [0, 0.05) is 35.8 Å². The Morgan fingerprint density at radius 1 is 0.914 bits per heavy atom. The summed E-state index contributed by atoms with van der Waals surface area (Å²) in [7, 11) is 2.21. The number of fused-ring (bicyclic) bond motifs is 1. The number of aromatic amines is 1. The maximum absolute atomic E-state index is 4.96. The van der Waals surface area contributed by atoms with Crippen molar-refractivity contribution in [3.63, 3.8) is 0 Å². The summed E-state index contributed by atoms with van der Waals surface area (Å²) in [6.45, 7) is 4.32. The maximum atomic E-state index is 4.96. The van der Waals surface area contributed by atoms with Gasteiger partial charge in [-0.05, 0) is 80.7 Å². The van der Waals surface area contributed by atoms with Crippen LogP contribution in [0.4, 0.5) is 0 Å². The molecule has 1 aliphatic heterocycles. The number of piperidine rings is 1. The lowest BCUT2D eigenvalue weighted by molar-refractivity contribution is 0.251. The maximum Gasteiger partial charge on any atom is 0.120 e. The van der Waals surface area contributed by atoms with Gasteiger partial charge in [0.2, 0.25) is 0 Å². The molecule has 35 heavy (non-hydrogen) atoms. The smallest absolute Gasteiger partial charge is 0.120 e. The minimum Gasteiger partial charge on any atom is -0.306 e. The molecule has 5 heterocycles. The van der Waals surface area contributed by atoms with E-state index in [9.17, 15) is 0 Å². The number of hydrogen-bond donors (Lipinski definition) is 1. The second kappa shape index (κ2) is 9.04. The summed E-state index contributed by atoms with van der Waals surface area (Å²) in [4.78, 5) is 16.7. The molecule has 174 valence electrons. The average molecular weight is 461 g/mol. The third kappa shape index (κ3) is 4.33. The van der Waals surface area contributed by atoms with E-state index in [0.29, 0.717) is 5.92 Å². The van der Waals surface area contributed by atoms with Crippen molar-refractivity contribution in [3.05, 3.63) is 84.3 Å². The number of aryl methyl sites for hydroxylation is 1. The molecule has 1 aliphatic rings. The van der Waals surface area contributed by atoms with Crippen LogP contribution in [-0.4, -0.2) is 50.2 Å². The predicted octanol–water partition coefficient (Wildman–Crippen LogP) is 5.87. The van der Waals surface area contributed by atoms with Crippen LogP contribution >= 0.6 is 0 Å². The van der Waals surface area contributed by atoms with Crippen molar-refractivity contribution in [2.45, 2.75) is 25.7 Å². The number of H-pyrrole nitrogens is 1. The lowest BCUT2D eigenvalue weighted by Crippen LogP contribution is -2.30. The summed E-state index contributed by atoms with van der Waals surface area (Å²) >= 11 is 0. The van der Waals surface area contributed by atoms with Crippen molar-refractivity contribution in [1.29, 1.82) is 0 Å². The Balaban J connectivity index is 1.32. The van der Waals surface area contributed by atoms with E-state index in [-0.39, 0.29) is 0 Å². The van der Waals surface area contributed by atoms with Crippen LogP contribution in [0.5, 0.6) is 0 Å².